The van der Waals surface area contributed by atoms with Crippen LogP contribution in [0.1, 0.15) is 30.2 Å². The first-order valence-electron chi connectivity index (χ1n) is 11.3. The highest BCUT2D eigenvalue weighted by Gasteiger charge is 2.29. The van der Waals surface area contributed by atoms with E-state index in [2.05, 4.69) is 5.32 Å². The lowest BCUT2D eigenvalue weighted by Gasteiger charge is -2.32. The van der Waals surface area contributed by atoms with Gasteiger partial charge in [-0.25, -0.2) is 0 Å². The number of carbonyl (C=O) groups excluding carboxylic acids is 2. The third-order valence-electron chi connectivity index (χ3n) is 5.71. The van der Waals surface area contributed by atoms with Crippen molar-refractivity contribution < 1.29 is 14.3 Å². The number of nitrogens with zero attached hydrogens (tertiary/aromatic N) is 1. The number of para-hydroxylation sites is 1. The molecule has 1 aromatic heterocycles. The minimum atomic E-state index is -0.0884. The van der Waals surface area contributed by atoms with Crippen molar-refractivity contribution in [3.63, 3.8) is 0 Å². The van der Waals surface area contributed by atoms with Crippen molar-refractivity contribution in [2.45, 2.75) is 19.8 Å². The molecule has 1 saturated heterocycles. The minimum absolute atomic E-state index is 0.00764. The lowest BCUT2D eigenvalue weighted by atomic mass is 9.95. The Balaban J connectivity index is 1.44. The zero-order valence-electron chi connectivity index (χ0n) is 18.7. The number of nitrogens with one attached hydrogen (secondary N) is 1. The molecule has 0 spiro atoms. The van der Waals surface area contributed by atoms with Gasteiger partial charge in [0.2, 0.25) is 5.91 Å². The van der Waals surface area contributed by atoms with Crippen LogP contribution in [0.3, 0.4) is 0 Å². The van der Waals surface area contributed by atoms with Crippen LogP contribution in [0, 0.1) is 5.92 Å². The maximum atomic E-state index is 13.5. The molecular weight excluding hydrogens is 432 g/mol. The highest BCUT2D eigenvalue weighted by molar-refractivity contribution is 7.11. The van der Waals surface area contributed by atoms with Crippen LogP contribution in [0.4, 0.5) is 5.69 Å². The topological polar surface area (TPSA) is 58.6 Å². The summed E-state index contributed by atoms with van der Waals surface area (Å²) >= 11 is 1.56. The second kappa shape index (κ2) is 11.0. The Morgan fingerprint density at radius 1 is 1.03 bits per heavy atom. The molecule has 5 nitrogen and oxygen atoms in total. The largest absolute Gasteiger partial charge is 0.494 e. The van der Waals surface area contributed by atoms with Crippen LogP contribution in [-0.2, 0) is 9.59 Å². The third kappa shape index (κ3) is 5.90. The standard InChI is InChI=1S/C27H28N2O3S/c1-2-32-23-12-10-20(11-13-23)19-24(25-9-6-18-33-25)27(31)29-16-14-21(15-17-29)26(30)28-22-7-4-3-5-8-22/h3-13,18-19,21H,2,14-17H2,1H3,(H,28,30). The normalized spacial score (nSPS) is 14.7. The molecule has 0 aliphatic carbocycles. The SMILES string of the molecule is CCOc1ccc(C=C(C(=O)N2CCC(C(=O)Nc3ccccc3)CC2)c2cccs2)cc1. The van der Waals surface area contributed by atoms with Crippen LogP contribution >= 0.6 is 11.3 Å². The quantitative estimate of drug-likeness (QED) is 0.469. The Bertz CT molecular complexity index is 1080. The molecule has 0 bridgehead atoms. The van der Waals surface area contributed by atoms with Gasteiger partial charge in [0, 0.05) is 29.6 Å². The molecule has 0 radical (unpaired) electrons. The number of ether oxygens (including phenoxy) is 1. The van der Waals surface area contributed by atoms with Gasteiger partial charge in [0.15, 0.2) is 0 Å². The first-order valence-corrected chi connectivity index (χ1v) is 12.2. The molecule has 33 heavy (non-hydrogen) atoms. The molecule has 4 rings (SSSR count). The van der Waals surface area contributed by atoms with Gasteiger partial charge in [0.1, 0.15) is 5.75 Å². The maximum absolute atomic E-state index is 13.5. The van der Waals surface area contributed by atoms with Gasteiger partial charge in [-0.05, 0) is 67.1 Å². The van der Waals surface area contributed by atoms with E-state index in [0.717, 1.165) is 21.9 Å². The fourth-order valence-electron chi connectivity index (χ4n) is 3.94. The Morgan fingerprint density at radius 3 is 2.39 bits per heavy atom. The summed E-state index contributed by atoms with van der Waals surface area (Å²) in [6, 6.07) is 21.2. The lowest BCUT2D eigenvalue weighted by molar-refractivity contribution is -0.129. The van der Waals surface area contributed by atoms with E-state index in [9.17, 15) is 9.59 Å². The molecule has 170 valence electrons. The van der Waals surface area contributed by atoms with E-state index in [1.165, 1.54) is 0 Å². The van der Waals surface area contributed by atoms with Gasteiger partial charge < -0.3 is 15.0 Å². The van der Waals surface area contributed by atoms with Crippen molar-refractivity contribution in [2.24, 2.45) is 5.92 Å². The predicted octanol–water partition coefficient (Wildman–Crippen LogP) is 5.56. The highest BCUT2D eigenvalue weighted by atomic mass is 32.1. The predicted molar refractivity (Wildman–Crippen MR) is 134 cm³/mol. The molecule has 0 saturated carbocycles. The summed E-state index contributed by atoms with van der Waals surface area (Å²) in [4.78, 5) is 28.9. The molecule has 0 atom stereocenters. The summed E-state index contributed by atoms with van der Waals surface area (Å²) in [6.45, 7) is 3.71. The van der Waals surface area contributed by atoms with Crippen molar-refractivity contribution >= 4 is 40.5 Å². The zero-order valence-corrected chi connectivity index (χ0v) is 19.5. The van der Waals surface area contributed by atoms with Gasteiger partial charge in [0.25, 0.3) is 5.91 Å². The number of hydrogen-bond donors (Lipinski definition) is 1. The molecule has 1 N–H and O–H groups in total. The monoisotopic (exact) mass is 460 g/mol. The first kappa shape index (κ1) is 22.8. The molecule has 6 heteroatoms. The fraction of sp³-hybridized carbons (Fsp3) is 0.259. The van der Waals surface area contributed by atoms with Crippen LogP contribution in [-0.4, -0.2) is 36.4 Å². The number of likely N-dealkylation sites (tertiary alicyclic amines) is 1. The van der Waals surface area contributed by atoms with Crippen molar-refractivity contribution in [2.75, 3.05) is 25.0 Å². The Kier molecular flexibility index (Phi) is 7.58. The van der Waals surface area contributed by atoms with Gasteiger partial charge in [-0.2, -0.15) is 0 Å². The van der Waals surface area contributed by atoms with Gasteiger partial charge >= 0.3 is 0 Å². The summed E-state index contributed by atoms with van der Waals surface area (Å²) in [6.07, 6.45) is 3.26. The van der Waals surface area contributed by atoms with E-state index in [4.69, 9.17) is 4.74 Å². The Labute approximate surface area is 198 Å². The third-order valence-corrected chi connectivity index (χ3v) is 6.62. The second-order valence-electron chi connectivity index (χ2n) is 7.96. The molecule has 1 aliphatic rings. The van der Waals surface area contributed by atoms with Crippen molar-refractivity contribution in [3.05, 3.63) is 82.6 Å². The first-order chi connectivity index (χ1) is 16.1. The molecular formula is C27H28N2O3S. The van der Waals surface area contributed by atoms with E-state index < -0.39 is 0 Å². The molecule has 1 fully saturated rings. The van der Waals surface area contributed by atoms with Crippen LogP contribution in [0.15, 0.2) is 72.1 Å². The van der Waals surface area contributed by atoms with Crippen LogP contribution in [0.2, 0.25) is 0 Å². The van der Waals surface area contributed by atoms with Crippen molar-refractivity contribution in [1.29, 1.82) is 0 Å². The number of rotatable bonds is 7. The number of carbonyl (C=O) groups is 2. The number of amides is 2. The summed E-state index contributed by atoms with van der Waals surface area (Å²) in [5, 5.41) is 4.97. The van der Waals surface area contributed by atoms with Gasteiger partial charge in [-0.3, -0.25) is 9.59 Å². The van der Waals surface area contributed by atoms with E-state index in [0.29, 0.717) is 38.1 Å². The fourth-order valence-corrected chi connectivity index (χ4v) is 4.68. The van der Waals surface area contributed by atoms with E-state index >= 15 is 0 Å². The average Bonchev–Trinajstić information content (AvgIpc) is 3.39. The highest BCUT2D eigenvalue weighted by Crippen LogP contribution is 2.28. The van der Waals surface area contributed by atoms with E-state index in [1.54, 1.807) is 11.3 Å². The summed E-state index contributed by atoms with van der Waals surface area (Å²) in [5.74, 6) is 0.758. The number of piperidine rings is 1. The molecule has 3 aromatic rings. The van der Waals surface area contributed by atoms with E-state index in [-0.39, 0.29) is 17.7 Å². The molecule has 2 aromatic carbocycles. The number of benzene rings is 2. The van der Waals surface area contributed by atoms with E-state index in [1.807, 2.05) is 90.0 Å². The number of anilines is 1. The van der Waals surface area contributed by atoms with Crippen molar-refractivity contribution in [3.8, 4) is 5.75 Å². The maximum Gasteiger partial charge on any atom is 0.255 e. The molecule has 2 heterocycles. The van der Waals surface area contributed by atoms with Crippen LogP contribution in [0.25, 0.3) is 11.6 Å². The molecule has 2 amide bonds. The summed E-state index contributed by atoms with van der Waals surface area (Å²) in [5.41, 5.74) is 2.44. The van der Waals surface area contributed by atoms with Gasteiger partial charge in [0.05, 0.1) is 12.2 Å². The average molecular weight is 461 g/mol. The smallest absolute Gasteiger partial charge is 0.255 e. The minimum Gasteiger partial charge on any atom is -0.494 e. The number of thiophene rings is 1. The molecule has 0 unspecified atom stereocenters. The lowest BCUT2D eigenvalue weighted by Crippen LogP contribution is -2.41. The second-order valence-corrected chi connectivity index (χ2v) is 8.91. The molecule has 1 aliphatic heterocycles. The van der Waals surface area contributed by atoms with Crippen LogP contribution in [0.5, 0.6) is 5.75 Å². The van der Waals surface area contributed by atoms with Gasteiger partial charge in [-0.15, -0.1) is 11.3 Å². The zero-order chi connectivity index (χ0) is 23.0. The Hall–Kier alpha value is -3.38. The van der Waals surface area contributed by atoms with Crippen molar-refractivity contribution in [1.82, 2.24) is 4.90 Å². The summed E-state index contributed by atoms with van der Waals surface area (Å²) < 4.78 is 5.52. The summed E-state index contributed by atoms with van der Waals surface area (Å²) in [7, 11) is 0. The van der Waals surface area contributed by atoms with Gasteiger partial charge in [-0.1, -0.05) is 36.4 Å². The Morgan fingerprint density at radius 2 is 1.76 bits per heavy atom. The van der Waals surface area contributed by atoms with Crippen LogP contribution < -0.4 is 10.1 Å². The number of hydrogen-bond acceptors (Lipinski definition) is 4.